The summed E-state index contributed by atoms with van der Waals surface area (Å²) in [4.78, 5) is 37.0. The fraction of sp³-hybridized carbons (Fsp3) is 0.172. The fourth-order valence-corrected chi connectivity index (χ4v) is 4.05. The topological polar surface area (TPSA) is 140 Å². The smallest absolute Gasteiger partial charge is 0.412 e. The van der Waals surface area contributed by atoms with Gasteiger partial charge in [0.1, 0.15) is 29.8 Å². The van der Waals surface area contributed by atoms with Crippen molar-refractivity contribution in [2.24, 2.45) is 0 Å². The molecule has 0 fully saturated rings. The van der Waals surface area contributed by atoms with Crippen LogP contribution in [0.5, 0.6) is 5.75 Å². The van der Waals surface area contributed by atoms with Crippen LogP contribution in [0.25, 0.3) is 11.3 Å². The molecule has 0 aliphatic rings. The van der Waals surface area contributed by atoms with E-state index < -0.39 is 30.1 Å². The Labute approximate surface area is 234 Å². The van der Waals surface area contributed by atoms with Crippen molar-refractivity contribution in [2.45, 2.75) is 26.0 Å². The Morgan fingerprint density at radius 1 is 1.00 bits per heavy atom. The highest BCUT2D eigenvalue weighted by molar-refractivity contribution is 6.31. The van der Waals surface area contributed by atoms with Crippen LogP contribution in [-0.2, 0) is 9.53 Å². The number of rotatable bonds is 10. The number of aryl methyl sites for hydroxylation is 1. The highest BCUT2D eigenvalue weighted by Gasteiger charge is 2.23. The number of anilines is 1. The number of carboxylic acid groups (broad SMARTS) is 1. The first-order chi connectivity index (χ1) is 19.2. The van der Waals surface area contributed by atoms with E-state index in [0.29, 0.717) is 33.3 Å². The number of aliphatic carboxylic acids is 1. The average Bonchev–Trinajstić information content (AvgIpc) is 3.30. The number of ether oxygens (including phenoxy) is 2. The molecule has 3 aromatic carbocycles. The maximum atomic E-state index is 12.7. The number of nitrogens with zero attached hydrogens (tertiary/aromatic N) is 1. The molecule has 0 aliphatic heterocycles. The van der Waals surface area contributed by atoms with Crippen molar-refractivity contribution < 1.29 is 33.5 Å². The predicted molar refractivity (Wildman–Crippen MR) is 147 cm³/mol. The molecular weight excluding hydrogens is 538 g/mol. The van der Waals surface area contributed by atoms with Gasteiger partial charge in [-0.2, -0.15) is 0 Å². The molecule has 1 aromatic heterocycles. The number of amides is 2. The van der Waals surface area contributed by atoms with Crippen LogP contribution in [0.4, 0.5) is 10.5 Å². The second-order valence-electron chi connectivity index (χ2n) is 8.73. The molecule has 0 spiro atoms. The Hall–Kier alpha value is -4.83. The largest absolute Gasteiger partial charge is 0.491 e. The number of carboxylic acids is 1. The lowest BCUT2D eigenvalue weighted by molar-refractivity contribution is -0.140. The molecule has 4 rings (SSSR count). The third-order valence-electron chi connectivity index (χ3n) is 5.89. The van der Waals surface area contributed by atoms with Gasteiger partial charge in [0.2, 0.25) is 0 Å². The third kappa shape index (κ3) is 6.97. The molecule has 0 radical (unpaired) electrons. The van der Waals surface area contributed by atoms with Crippen molar-refractivity contribution in [1.29, 1.82) is 0 Å². The molecule has 11 heteroatoms. The standard InChI is InChI=1S/C29H26ClN3O7/c1-17-25(32-29(37)39-18(2)22-10-6-7-11-23(22)30)26(40-33-17)19-12-14-20(15-13-19)27(34)31-24(28(35)36)16-38-21-8-4-3-5-9-21/h3-15,18,24H,16H2,1-2H3,(H,31,34)(H,32,37)(H,35,36). The molecule has 2 unspecified atom stereocenters. The van der Waals surface area contributed by atoms with E-state index in [1.165, 1.54) is 12.1 Å². The molecular formula is C29H26ClN3O7. The number of nitrogens with one attached hydrogen (secondary N) is 2. The summed E-state index contributed by atoms with van der Waals surface area (Å²) >= 11 is 6.19. The average molecular weight is 564 g/mol. The summed E-state index contributed by atoms with van der Waals surface area (Å²) in [5.74, 6) is -1.09. The minimum atomic E-state index is -1.26. The first-order valence-electron chi connectivity index (χ1n) is 12.2. The van der Waals surface area contributed by atoms with Crippen LogP contribution >= 0.6 is 11.6 Å². The minimum Gasteiger partial charge on any atom is -0.491 e. The maximum absolute atomic E-state index is 12.7. The van der Waals surface area contributed by atoms with Crippen LogP contribution in [-0.4, -0.2) is 40.9 Å². The van der Waals surface area contributed by atoms with Crippen molar-refractivity contribution in [3.8, 4) is 17.1 Å². The van der Waals surface area contributed by atoms with Crippen molar-refractivity contribution in [2.75, 3.05) is 11.9 Å². The Balaban J connectivity index is 1.41. The molecule has 2 amide bonds. The molecule has 0 saturated carbocycles. The van der Waals surface area contributed by atoms with Crippen LogP contribution in [0.2, 0.25) is 5.02 Å². The number of carbonyl (C=O) groups is 3. The number of aromatic nitrogens is 1. The quantitative estimate of drug-likeness (QED) is 0.217. The van der Waals surface area contributed by atoms with Crippen molar-refractivity contribution in [3.05, 3.63) is 101 Å². The zero-order chi connectivity index (χ0) is 28.6. The number of para-hydroxylation sites is 1. The first kappa shape index (κ1) is 28.2. The Bertz CT molecular complexity index is 1490. The molecule has 206 valence electrons. The van der Waals surface area contributed by atoms with Crippen molar-refractivity contribution >= 4 is 35.3 Å². The Kier molecular flexibility index (Phi) is 9.03. The van der Waals surface area contributed by atoms with Crippen molar-refractivity contribution in [3.63, 3.8) is 0 Å². The van der Waals surface area contributed by atoms with Gasteiger partial charge in [0, 0.05) is 21.7 Å². The van der Waals surface area contributed by atoms with Gasteiger partial charge in [-0.25, -0.2) is 9.59 Å². The third-order valence-corrected chi connectivity index (χ3v) is 6.23. The Morgan fingerprint density at radius 2 is 1.68 bits per heavy atom. The molecule has 3 N–H and O–H groups in total. The predicted octanol–water partition coefficient (Wildman–Crippen LogP) is 5.88. The minimum absolute atomic E-state index is 0.216. The van der Waals surface area contributed by atoms with Gasteiger partial charge in [0.05, 0.1) is 0 Å². The van der Waals surface area contributed by atoms with E-state index in [1.807, 2.05) is 0 Å². The van der Waals surface area contributed by atoms with Crippen molar-refractivity contribution in [1.82, 2.24) is 10.5 Å². The molecule has 2 atom stereocenters. The Morgan fingerprint density at radius 3 is 2.35 bits per heavy atom. The number of hydrogen-bond acceptors (Lipinski definition) is 7. The molecule has 0 bridgehead atoms. The molecule has 0 saturated heterocycles. The summed E-state index contributed by atoms with van der Waals surface area (Å²) < 4.78 is 16.4. The zero-order valence-corrected chi connectivity index (χ0v) is 22.3. The summed E-state index contributed by atoms with van der Waals surface area (Å²) in [6.07, 6.45) is -1.34. The monoisotopic (exact) mass is 563 g/mol. The summed E-state index contributed by atoms with van der Waals surface area (Å²) in [7, 11) is 0. The van der Waals surface area contributed by atoms with Gasteiger partial charge in [-0.15, -0.1) is 0 Å². The lowest BCUT2D eigenvalue weighted by Gasteiger charge is -2.16. The van der Waals surface area contributed by atoms with Crippen LogP contribution in [0.1, 0.15) is 34.6 Å². The van der Waals surface area contributed by atoms with Gasteiger partial charge < -0.3 is 24.4 Å². The second kappa shape index (κ2) is 12.8. The van der Waals surface area contributed by atoms with E-state index in [9.17, 15) is 19.5 Å². The van der Waals surface area contributed by atoms with Gasteiger partial charge in [-0.05, 0) is 44.2 Å². The summed E-state index contributed by atoms with van der Waals surface area (Å²) in [6, 6.07) is 20.7. The number of halogens is 1. The maximum Gasteiger partial charge on any atom is 0.412 e. The molecule has 4 aromatic rings. The zero-order valence-electron chi connectivity index (χ0n) is 21.6. The van der Waals surface area contributed by atoms with Gasteiger partial charge in [-0.1, -0.05) is 65.3 Å². The van der Waals surface area contributed by atoms with E-state index in [0.717, 1.165) is 0 Å². The highest BCUT2D eigenvalue weighted by atomic mass is 35.5. The van der Waals surface area contributed by atoms with E-state index in [4.69, 9.17) is 25.6 Å². The lowest BCUT2D eigenvalue weighted by Crippen LogP contribution is -2.44. The first-order valence-corrected chi connectivity index (χ1v) is 12.6. The van der Waals surface area contributed by atoms with Crippen LogP contribution in [0.3, 0.4) is 0 Å². The van der Waals surface area contributed by atoms with Gasteiger partial charge in [-0.3, -0.25) is 10.1 Å². The van der Waals surface area contributed by atoms with Crippen LogP contribution in [0, 0.1) is 6.92 Å². The van der Waals surface area contributed by atoms with Crippen LogP contribution in [0.15, 0.2) is 83.4 Å². The van der Waals surface area contributed by atoms with E-state index in [1.54, 1.807) is 80.6 Å². The second-order valence-corrected chi connectivity index (χ2v) is 9.14. The SMILES string of the molecule is Cc1noc(-c2ccc(C(=O)NC(COc3ccccc3)C(=O)O)cc2)c1NC(=O)OC(C)c1ccccc1Cl. The van der Waals surface area contributed by atoms with Crippen LogP contribution < -0.4 is 15.4 Å². The highest BCUT2D eigenvalue weighted by Crippen LogP contribution is 2.32. The van der Waals surface area contributed by atoms with E-state index in [-0.39, 0.29) is 17.9 Å². The lowest BCUT2D eigenvalue weighted by atomic mass is 10.1. The number of hydrogen-bond donors (Lipinski definition) is 3. The summed E-state index contributed by atoms with van der Waals surface area (Å²) in [5, 5.41) is 19.0. The molecule has 40 heavy (non-hydrogen) atoms. The van der Waals surface area contributed by atoms with E-state index in [2.05, 4.69) is 15.8 Å². The van der Waals surface area contributed by atoms with Gasteiger partial charge in [0.25, 0.3) is 5.91 Å². The fourth-order valence-electron chi connectivity index (χ4n) is 3.76. The molecule has 1 heterocycles. The van der Waals surface area contributed by atoms with E-state index >= 15 is 0 Å². The van der Waals surface area contributed by atoms with Gasteiger partial charge >= 0.3 is 12.1 Å². The number of benzene rings is 3. The summed E-state index contributed by atoms with van der Waals surface area (Å²) in [5.41, 5.74) is 2.12. The normalized spacial score (nSPS) is 12.2. The van der Waals surface area contributed by atoms with Gasteiger partial charge in [0.15, 0.2) is 11.8 Å². The molecule has 0 aliphatic carbocycles. The number of carbonyl (C=O) groups excluding carboxylic acids is 2. The molecule has 10 nitrogen and oxygen atoms in total. The summed E-state index contributed by atoms with van der Waals surface area (Å²) in [6.45, 7) is 3.11.